The molecule has 1 heterocycles. The number of rotatable bonds is 5. The highest BCUT2D eigenvalue weighted by Gasteiger charge is 2.38. The summed E-state index contributed by atoms with van der Waals surface area (Å²) in [5, 5.41) is 0. The van der Waals surface area contributed by atoms with Crippen LogP contribution >= 0.6 is 0 Å². The first-order valence-corrected chi connectivity index (χ1v) is 6.16. The van der Waals surface area contributed by atoms with Crippen LogP contribution in [-0.2, 0) is 4.74 Å². The van der Waals surface area contributed by atoms with Crippen LogP contribution in [0.15, 0.2) is 0 Å². The lowest BCUT2D eigenvalue weighted by atomic mass is 9.91. The molecular weight excluding hydrogens is 188 g/mol. The third-order valence-corrected chi connectivity index (χ3v) is 4.17. The molecule has 2 atom stereocenters. The molecule has 0 spiro atoms. The van der Waals surface area contributed by atoms with Gasteiger partial charge in [-0.15, -0.1) is 0 Å². The maximum atomic E-state index is 5.97. The van der Waals surface area contributed by atoms with Gasteiger partial charge in [0, 0.05) is 24.7 Å². The van der Waals surface area contributed by atoms with E-state index in [9.17, 15) is 0 Å². The molecule has 0 aromatic heterocycles. The van der Waals surface area contributed by atoms with E-state index in [0.29, 0.717) is 6.04 Å². The van der Waals surface area contributed by atoms with Crippen LogP contribution in [0.2, 0.25) is 0 Å². The molecule has 1 aliphatic heterocycles. The molecule has 1 saturated heterocycles. The fourth-order valence-electron chi connectivity index (χ4n) is 2.58. The van der Waals surface area contributed by atoms with Gasteiger partial charge >= 0.3 is 0 Å². The summed E-state index contributed by atoms with van der Waals surface area (Å²) < 4.78 is 5.46. The molecule has 2 fully saturated rings. The maximum Gasteiger partial charge on any atom is 0.0622 e. The van der Waals surface area contributed by atoms with Crippen molar-refractivity contribution in [1.29, 1.82) is 0 Å². The highest BCUT2D eigenvalue weighted by molar-refractivity contribution is 4.94. The first kappa shape index (κ1) is 11.4. The molecule has 2 rings (SSSR count). The predicted molar refractivity (Wildman–Crippen MR) is 61.8 cm³/mol. The Kier molecular flexibility index (Phi) is 3.33. The van der Waals surface area contributed by atoms with Crippen LogP contribution in [0, 0.1) is 5.92 Å². The second kappa shape index (κ2) is 4.40. The zero-order valence-electron chi connectivity index (χ0n) is 10.0. The van der Waals surface area contributed by atoms with Gasteiger partial charge in [0.15, 0.2) is 0 Å². The first-order valence-electron chi connectivity index (χ1n) is 6.16. The Bertz CT molecular complexity index is 212. The van der Waals surface area contributed by atoms with Crippen molar-refractivity contribution >= 4 is 0 Å². The van der Waals surface area contributed by atoms with Gasteiger partial charge in [0.05, 0.1) is 6.61 Å². The Hall–Kier alpha value is -0.120. The lowest BCUT2D eigenvalue weighted by Gasteiger charge is -2.41. The minimum Gasteiger partial charge on any atom is -0.380 e. The molecule has 15 heavy (non-hydrogen) atoms. The summed E-state index contributed by atoms with van der Waals surface area (Å²) in [4.78, 5) is 2.47. The van der Waals surface area contributed by atoms with Crippen LogP contribution in [-0.4, -0.2) is 43.3 Å². The quantitative estimate of drug-likeness (QED) is 0.745. The van der Waals surface area contributed by atoms with Crippen LogP contribution in [0.5, 0.6) is 0 Å². The zero-order valence-corrected chi connectivity index (χ0v) is 10.0. The van der Waals surface area contributed by atoms with Crippen molar-refractivity contribution in [3.63, 3.8) is 0 Å². The standard InChI is InChI=1S/C12H24N2O/c1-12(9-13,7-10-3-4-10)14(2)11-5-6-15-8-11/h10-11H,3-9,13H2,1-2H3. The fraction of sp³-hybridized carbons (Fsp3) is 1.00. The monoisotopic (exact) mass is 212 g/mol. The second-order valence-electron chi connectivity index (χ2n) is 5.48. The number of hydrogen-bond acceptors (Lipinski definition) is 3. The van der Waals surface area contributed by atoms with Crippen molar-refractivity contribution in [2.45, 2.75) is 44.2 Å². The lowest BCUT2D eigenvalue weighted by Crippen LogP contribution is -2.54. The van der Waals surface area contributed by atoms with E-state index in [1.54, 1.807) is 0 Å². The van der Waals surface area contributed by atoms with E-state index in [1.807, 2.05) is 0 Å². The largest absolute Gasteiger partial charge is 0.380 e. The fourth-order valence-corrected chi connectivity index (χ4v) is 2.58. The van der Waals surface area contributed by atoms with Crippen molar-refractivity contribution in [3.8, 4) is 0 Å². The Labute approximate surface area is 93.0 Å². The van der Waals surface area contributed by atoms with Gasteiger partial charge in [-0.2, -0.15) is 0 Å². The van der Waals surface area contributed by atoms with Gasteiger partial charge < -0.3 is 10.5 Å². The summed E-state index contributed by atoms with van der Waals surface area (Å²) in [6.45, 7) is 4.87. The minimum absolute atomic E-state index is 0.180. The number of nitrogens with zero attached hydrogens (tertiary/aromatic N) is 1. The Morgan fingerprint density at radius 2 is 2.13 bits per heavy atom. The molecule has 2 N–H and O–H groups in total. The first-order chi connectivity index (χ1) is 7.15. The molecule has 0 radical (unpaired) electrons. The van der Waals surface area contributed by atoms with Gasteiger partial charge in [-0.05, 0) is 32.7 Å². The number of likely N-dealkylation sites (N-methyl/N-ethyl adjacent to an activating group) is 1. The molecule has 1 saturated carbocycles. The second-order valence-corrected chi connectivity index (χ2v) is 5.48. The summed E-state index contributed by atoms with van der Waals surface area (Å²) in [5.41, 5.74) is 6.15. The summed E-state index contributed by atoms with van der Waals surface area (Å²) in [7, 11) is 2.22. The Morgan fingerprint density at radius 1 is 1.40 bits per heavy atom. The molecule has 3 nitrogen and oxygen atoms in total. The van der Waals surface area contributed by atoms with Gasteiger partial charge in [0.2, 0.25) is 0 Å². The van der Waals surface area contributed by atoms with Gasteiger partial charge in [0.25, 0.3) is 0 Å². The normalized spacial score (nSPS) is 30.8. The van der Waals surface area contributed by atoms with Crippen LogP contribution in [0.25, 0.3) is 0 Å². The lowest BCUT2D eigenvalue weighted by molar-refractivity contribution is 0.0680. The van der Waals surface area contributed by atoms with Crippen LogP contribution < -0.4 is 5.73 Å². The molecular formula is C12H24N2O. The molecule has 0 amide bonds. The van der Waals surface area contributed by atoms with E-state index in [1.165, 1.54) is 19.3 Å². The average Bonchev–Trinajstić information content (AvgIpc) is 2.87. The van der Waals surface area contributed by atoms with Crippen molar-refractivity contribution in [1.82, 2.24) is 4.90 Å². The average molecular weight is 212 g/mol. The topological polar surface area (TPSA) is 38.5 Å². The Morgan fingerprint density at radius 3 is 2.60 bits per heavy atom. The Balaban J connectivity index is 1.95. The third-order valence-electron chi connectivity index (χ3n) is 4.17. The van der Waals surface area contributed by atoms with E-state index < -0.39 is 0 Å². The van der Waals surface area contributed by atoms with Crippen molar-refractivity contribution in [2.24, 2.45) is 11.7 Å². The van der Waals surface area contributed by atoms with Crippen molar-refractivity contribution < 1.29 is 4.74 Å². The highest BCUT2D eigenvalue weighted by atomic mass is 16.5. The van der Waals surface area contributed by atoms with E-state index in [4.69, 9.17) is 10.5 Å². The van der Waals surface area contributed by atoms with E-state index >= 15 is 0 Å². The van der Waals surface area contributed by atoms with Crippen molar-refractivity contribution in [2.75, 3.05) is 26.8 Å². The number of ether oxygens (including phenoxy) is 1. The minimum atomic E-state index is 0.180. The number of nitrogens with two attached hydrogens (primary N) is 1. The molecule has 2 unspecified atom stereocenters. The third kappa shape index (κ3) is 2.52. The van der Waals surface area contributed by atoms with Crippen LogP contribution in [0.4, 0.5) is 0 Å². The van der Waals surface area contributed by atoms with Gasteiger partial charge in [-0.25, -0.2) is 0 Å². The van der Waals surface area contributed by atoms with E-state index in [2.05, 4.69) is 18.9 Å². The van der Waals surface area contributed by atoms with Crippen LogP contribution in [0.1, 0.15) is 32.6 Å². The molecule has 88 valence electrons. The maximum absolute atomic E-state index is 5.97. The zero-order chi connectivity index (χ0) is 10.9. The molecule has 0 aromatic rings. The van der Waals surface area contributed by atoms with Crippen molar-refractivity contribution in [3.05, 3.63) is 0 Å². The number of hydrogen-bond donors (Lipinski definition) is 1. The van der Waals surface area contributed by atoms with Gasteiger partial charge in [-0.1, -0.05) is 12.8 Å². The van der Waals surface area contributed by atoms with Crippen LogP contribution in [0.3, 0.4) is 0 Å². The summed E-state index contributed by atoms with van der Waals surface area (Å²) in [6.07, 6.45) is 5.24. The van der Waals surface area contributed by atoms with E-state index in [0.717, 1.165) is 32.1 Å². The van der Waals surface area contributed by atoms with Gasteiger partial charge in [0.1, 0.15) is 0 Å². The SMILES string of the molecule is CN(C1CCOC1)C(C)(CN)CC1CC1. The van der Waals surface area contributed by atoms with Gasteiger partial charge in [-0.3, -0.25) is 4.90 Å². The molecule has 0 bridgehead atoms. The molecule has 3 heteroatoms. The molecule has 1 aliphatic carbocycles. The summed E-state index contributed by atoms with van der Waals surface area (Å²) in [5.74, 6) is 0.934. The summed E-state index contributed by atoms with van der Waals surface area (Å²) in [6, 6.07) is 0.581. The smallest absolute Gasteiger partial charge is 0.0622 e. The predicted octanol–water partition coefficient (Wildman–Crippen LogP) is 1.22. The van der Waals surface area contributed by atoms with E-state index in [-0.39, 0.29) is 5.54 Å². The molecule has 2 aliphatic rings. The molecule has 0 aromatic carbocycles. The summed E-state index contributed by atoms with van der Waals surface area (Å²) >= 11 is 0. The highest BCUT2D eigenvalue weighted by Crippen LogP contribution is 2.39.